The number of hydrogen-bond donors (Lipinski definition) is 1. The van der Waals surface area contributed by atoms with Crippen molar-refractivity contribution in [3.63, 3.8) is 0 Å². The molecule has 7 nitrogen and oxygen atoms in total. The summed E-state index contributed by atoms with van der Waals surface area (Å²) in [6.07, 6.45) is 0. The van der Waals surface area contributed by atoms with Crippen molar-refractivity contribution in [3.8, 4) is 29.0 Å². The molecule has 0 aliphatic rings. The van der Waals surface area contributed by atoms with Crippen LogP contribution in [0.5, 0.6) is 0 Å². The van der Waals surface area contributed by atoms with E-state index >= 15 is 0 Å². The molecule has 0 unspecified atom stereocenters. The Balaban J connectivity index is 1.59. The summed E-state index contributed by atoms with van der Waals surface area (Å²) in [5, 5.41) is 16.9. The molecule has 0 bridgehead atoms. The molecular weight excluding hydrogens is 388 g/mol. The van der Waals surface area contributed by atoms with Crippen molar-refractivity contribution in [1.29, 1.82) is 5.26 Å². The van der Waals surface area contributed by atoms with Gasteiger partial charge in [-0.05, 0) is 54.6 Å². The Morgan fingerprint density at radius 3 is 2.17 bits per heavy atom. The second kappa shape index (κ2) is 7.58. The molecule has 142 valence electrons. The van der Waals surface area contributed by atoms with Crippen molar-refractivity contribution in [1.82, 2.24) is 10.2 Å². The minimum atomic E-state index is -3.80. The summed E-state index contributed by atoms with van der Waals surface area (Å²) in [4.78, 5) is 0.0612. The molecule has 0 saturated heterocycles. The summed E-state index contributed by atoms with van der Waals surface area (Å²) in [6.45, 7) is 0. The first-order valence-electron chi connectivity index (χ1n) is 8.57. The van der Waals surface area contributed by atoms with Crippen LogP contribution in [0.25, 0.3) is 22.9 Å². The Kier molecular flexibility index (Phi) is 4.81. The topological polar surface area (TPSA) is 109 Å². The van der Waals surface area contributed by atoms with E-state index in [1.54, 1.807) is 24.3 Å². The van der Waals surface area contributed by atoms with Gasteiger partial charge in [-0.1, -0.05) is 24.3 Å². The average molecular weight is 402 g/mol. The summed E-state index contributed by atoms with van der Waals surface area (Å²) in [5.41, 5.74) is 2.12. The van der Waals surface area contributed by atoms with Gasteiger partial charge in [0.25, 0.3) is 10.0 Å². The van der Waals surface area contributed by atoms with Crippen LogP contribution >= 0.6 is 0 Å². The predicted molar refractivity (Wildman–Crippen MR) is 107 cm³/mol. The molecular formula is C21H14N4O3S. The zero-order chi connectivity index (χ0) is 20.3. The molecule has 0 spiro atoms. The second-order valence-electron chi connectivity index (χ2n) is 6.10. The normalized spacial score (nSPS) is 11.0. The molecule has 3 aromatic carbocycles. The number of nitrogens with zero attached hydrogens (tertiary/aromatic N) is 3. The second-order valence-corrected chi connectivity index (χ2v) is 7.78. The number of rotatable bonds is 5. The molecule has 1 N–H and O–H groups in total. The van der Waals surface area contributed by atoms with Crippen molar-refractivity contribution in [2.75, 3.05) is 4.72 Å². The minimum absolute atomic E-state index is 0.0612. The number of aromatic nitrogens is 2. The molecule has 8 heteroatoms. The maximum atomic E-state index is 12.6. The lowest BCUT2D eigenvalue weighted by Crippen LogP contribution is -2.12. The maximum absolute atomic E-state index is 12.6. The Labute approximate surface area is 167 Å². The first-order chi connectivity index (χ1) is 14.0. The number of nitriles is 1. The fourth-order valence-corrected chi connectivity index (χ4v) is 3.73. The van der Waals surface area contributed by atoms with Gasteiger partial charge in [-0.2, -0.15) is 5.26 Å². The Bertz CT molecular complexity index is 1290. The molecule has 0 atom stereocenters. The fraction of sp³-hybridized carbons (Fsp3) is 0. The highest BCUT2D eigenvalue weighted by Crippen LogP contribution is 2.26. The van der Waals surface area contributed by atoms with Crippen LogP contribution in [-0.2, 0) is 10.0 Å². The largest absolute Gasteiger partial charge is 0.416 e. The van der Waals surface area contributed by atoms with E-state index in [4.69, 9.17) is 9.68 Å². The van der Waals surface area contributed by atoms with Gasteiger partial charge in [0, 0.05) is 16.8 Å². The van der Waals surface area contributed by atoms with E-state index in [0.29, 0.717) is 22.7 Å². The lowest BCUT2D eigenvalue weighted by atomic mass is 10.2. The SMILES string of the molecule is N#Cc1ccc(S(=O)(=O)Nc2cccc(-c3nnc(-c4ccccc4)o3)c2)cc1. The van der Waals surface area contributed by atoms with Crippen molar-refractivity contribution in [2.24, 2.45) is 0 Å². The number of benzene rings is 3. The van der Waals surface area contributed by atoms with Crippen LogP contribution in [0.4, 0.5) is 5.69 Å². The van der Waals surface area contributed by atoms with Crippen molar-refractivity contribution in [3.05, 3.63) is 84.4 Å². The van der Waals surface area contributed by atoms with Crippen LogP contribution in [0.3, 0.4) is 0 Å². The highest BCUT2D eigenvalue weighted by Gasteiger charge is 2.16. The minimum Gasteiger partial charge on any atom is -0.416 e. The van der Waals surface area contributed by atoms with Crippen LogP contribution in [0.15, 0.2) is 88.2 Å². The molecule has 0 aliphatic heterocycles. The molecule has 0 aliphatic carbocycles. The Hall–Kier alpha value is -3.96. The van der Waals surface area contributed by atoms with E-state index in [1.165, 1.54) is 24.3 Å². The van der Waals surface area contributed by atoms with E-state index in [-0.39, 0.29) is 10.8 Å². The quantitative estimate of drug-likeness (QED) is 0.539. The summed E-state index contributed by atoms with van der Waals surface area (Å²) in [6, 6.07) is 23.7. The number of nitrogens with one attached hydrogen (secondary N) is 1. The first-order valence-corrected chi connectivity index (χ1v) is 10.1. The molecule has 0 saturated carbocycles. The summed E-state index contributed by atoms with van der Waals surface area (Å²) in [5.74, 6) is 0.660. The number of anilines is 1. The van der Waals surface area contributed by atoms with Crippen LogP contribution in [0, 0.1) is 11.3 Å². The average Bonchev–Trinajstić information content (AvgIpc) is 3.25. The molecule has 4 rings (SSSR count). The summed E-state index contributed by atoms with van der Waals surface area (Å²) < 4.78 is 33.4. The van der Waals surface area contributed by atoms with E-state index in [0.717, 1.165) is 5.56 Å². The summed E-state index contributed by atoms with van der Waals surface area (Å²) >= 11 is 0. The molecule has 1 heterocycles. The third-order valence-corrected chi connectivity index (χ3v) is 5.50. The lowest BCUT2D eigenvalue weighted by Gasteiger charge is -2.08. The lowest BCUT2D eigenvalue weighted by molar-refractivity contribution is 0.584. The fourth-order valence-electron chi connectivity index (χ4n) is 2.68. The summed E-state index contributed by atoms with van der Waals surface area (Å²) in [7, 11) is -3.80. The number of sulfonamides is 1. The molecule has 29 heavy (non-hydrogen) atoms. The van der Waals surface area contributed by atoms with Crippen LogP contribution in [-0.4, -0.2) is 18.6 Å². The zero-order valence-corrected chi connectivity index (χ0v) is 15.8. The monoisotopic (exact) mass is 402 g/mol. The van der Waals surface area contributed by atoms with Gasteiger partial charge < -0.3 is 4.42 Å². The van der Waals surface area contributed by atoms with Gasteiger partial charge in [0.05, 0.1) is 16.5 Å². The smallest absolute Gasteiger partial charge is 0.261 e. The molecule has 0 radical (unpaired) electrons. The van der Waals surface area contributed by atoms with Crippen molar-refractivity contribution in [2.45, 2.75) is 4.90 Å². The third-order valence-electron chi connectivity index (χ3n) is 4.10. The van der Waals surface area contributed by atoms with Gasteiger partial charge in [-0.15, -0.1) is 10.2 Å². The predicted octanol–water partition coefficient (Wildman–Crippen LogP) is 4.08. The van der Waals surface area contributed by atoms with Gasteiger partial charge in [-0.3, -0.25) is 4.72 Å². The van der Waals surface area contributed by atoms with Crippen molar-refractivity contribution >= 4 is 15.7 Å². The standard InChI is InChI=1S/C21H14N4O3S/c22-14-15-9-11-19(12-10-15)29(26,27)25-18-8-4-7-17(13-18)21-24-23-20(28-21)16-5-2-1-3-6-16/h1-13,25H. The zero-order valence-electron chi connectivity index (χ0n) is 15.0. The third kappa shape index (κ3) is 4.00. The van der Waals surface area contributed by atoms with Gasteiger partial charge >= 0.3 is 0 Å². The molecule has 4 aromatic rings. The van der Waals surface area contributed by atoms with Gasteiger partial charge in [0.1, 0.15) is 0 Å². The van der Waals surface area contributed by atoms with Gasteiger partial charge in [0.2, 0.25) is 11.8 Å². The van der Waals surface area contributed by atoms with E-state index in [9.17, 15) is 8.42 Å². The van der Waals surface area contributed by atoms with Gasteiger partial charge in [-0.25, -0.2) is 8.42 Å². The van der Waals surface area contributed by atoms with Crippen LogP contribution < -0.4 is 4.72 Å². The van der Waals surface area contributed by atoms with Crippen molar-refractivity contribution < 1.29 is 12.8 Å². The number of hydrogen-bond acceptors (Lipinski definition) is 6. The van der Waals surface area contributed by atoms with E-state index in [1.807, 2.05) is 36.4 Å². The maximum Gasteiger partial charge on any atom is 0.261 e. The van der Waals surface area contributed by atoms with Gasteiger partial charge in [0.15, 0.2) is 0 Å². The highest BCUT2D eigenvalue weighted by molar-refractivity contribution is 7.92. The molecule has 0 fully saturated rings. The first kappa shape index (κ1) is 18.4. The molecule has 0 amide bonds. The van der Waals surface area contributed by atoms with Crippen LogP contribution in [0.2, 0.25) is 0 Å². The highest BCUT2D eigenvalue weighted by atomic mass is 32.2. The Morgan fingerprint density at radius 1 is 0.828 bits per heavy atom. The Morgan fingerprint density at radius 2 is 1.48 bits per heavy atom. The van der Waals surface area contributed by atoms with E-state index in [2.05, 4.69) is 14.9 Å². The van der Waals surface area contributed by atoms with E-state index < -0.39 is 10.0 Å². The van der Waals surface area contributed by atoms with Crippen LogP contribution in [0.1, 0.15) is 5.56 Å². The molecule has 1 aromatic heterocycles.